The highest BCUT2D eigenvalue weighted by Crippen LogP contribution is 2.30. The van der Waals surface area contributed by atoms with Gasteiger partial charge in [0.2, 0.25) is 5.91 Å². The van der Waals surface area contributed by atoms with Crippen molar-refractivity contribution in [1.29, 1.82) is 0 Å². The van der Waals surface area contributed by atoms with Crippen LogP contribution in [0.5, 0.6) is 5.75 Å². The number of amides is 2. The van der Waals surface area contributed by atoms with Gasteiger partial charge < -0.3 is 19.4 Å². The first kappa shape index (κ1) is 19.0. The van der Waals surface area contributed by atoms with E-state index in [1.165, 1.54) is 0 Å². The summed E-state index contributed by atoms with van der Waals surface area (Å²) >= 11 is 0. The summed E-state index contributed by atoms with van der Waals surface area (Å²) in [4.78, 5) is 26.2. The van der Waals surface area contributed by atoms with Crippen molar-refractivity contribution in [2.24, 2.45) is 5.92 Å². The summed E-state index contributed by atoms with van der Waals surface area (Å²) < 4.78 is 11.2. The van der Waals surface area contributed by atoms with Gasteiger partial charge in [0.15, 0.2) is 6.61 Å². The maximum Gasteiger partial charge on any atom is 0.261 e. The third-order valence-electron chi connectivity index (χ3n) is 4.48. The highest BCUT2D eigenvalue weighted by Gasteiger charge is 2.29. The molecule has 0 saturated heterocycles. The smallest absolute Gasteiger partial charge is 0.261 e. The van der Waals surface area contributed by atoms with Crippen LogP contribution in [-0.4, -0.2) is 29.4 Å². The molecule has 27 heavy (non-hydrogen) atoms. The monoisotopic (exact) mass is 370 g/mol. The van der Waals surface area contributed by atoms with E-state index in [0.717, 1.165) is 24.4 Å². The highest BCUT2D eigenvalue weighted by molar-refractivity contribution is 5.94. The minimum atomic E-state index is -0.119. The fraction of sp³-hybridized carbons (Fsp3) is 0.429. The Kier molecular flexibility index (Phi) is 5.84. The Balaban J connectivity index is 1.57. The van der Waals surface area contributed by atoms with Gasteiger partial charge in [-0.25, -0.2) is 0 Å². The van der Waals surface area contributed by atoms with E-state index in [1.807, 2.05) is 39.0 Å². The maximum absolute atomic E-state index is 12.6. The van der Waals surface area contributed by atoms with Crippen molar-refractivity contribution < 1.29 is 18.7 Å². The number of anilines is 1. The Labute approximate surface area is 159 Å². The number of rotatable bonds is 8. The molecular formula is C21H26N2O4. The van der Waals surface area contributed by atoms with Crippen LogP contribution < -0.4 is 10.1 Å². The predicted octanol–water partition coefficient (Wildman–Crippen LogP) is 3.75. The molecule has 1 N–H and O–H groups in total. The van der Waals surface area contributed by atoms with Gasteiger partial charge in [-0.15, -0.1) is 0 Å². The number of nitrogens with one attached hydrogen (secondary N) is 1. The van der Waals surface area contributed by atoms with Gasteiger partial charge in [-0.2, -0.15) is 0 Å². The lowest BCUT2D eigenvalue weighted by Crippen LogP contribution is -2.39. The van der Waals surface area contributed by atoms with Crippen LogP contribution in [0.1, 0.15) is 38.2 Å². The van der Waals surface area contributed by atoms with Gasteiger partial charge in [0.1, 0.15) is 17.3 Å². The van der Waals surface area contributed by atoms with Gasteiger partial charge in [-0.3, -0.25) is 9.59 Å². The number of nitrogens with zero attached hydrogens (tertiary/aromatic N) is 1. The van der Waals surface area contributed by atoms with Crippen molar-refractivity contribution >= 4 is 17.5 Å². The Bertz CT molecular complexity index is 808. The standard InChI is InChI=1S/C21H26N2O4/c1-14(2)23(12-19-10-7-15(3)27-19)20(24)13-26-18-6-4-5-17(11-18)22-21(25)16-8-9-16/h4-7,10-11,14,16H,8-9,12-13H2,1-3H3,(H,22,25). The van der Waals surface area contributed by atoms with E-state index >= 15 is 0 Å². The second kappa shape index (κ2) is 8.29. The predicted molar refractivity (Wildman–Crippen MR) is 102 cm³/mol. The number of furan rings is 1. The van der Waals surface area contributed by atoms with E-state index in [4.69, 9.17) is 9.15 Å². The van der Waals surface area contributed by atoms with Gasteiger partial charge in [0.05, 0.1) is 6.54 Å². The van der Waals surface area contributed by atoms with Gasteiger partial charge in [-0.05, 0) is 57.9 Å². The number of ether oxygens (including phenoxy) is 1. The summed E-state index contributed by atoms with van der Waals surface area (Å²) in [6.07, 6.45) is 1.91. The summed E-state index contributed by atoms with van der Waals surface area (Å²) in [6.45, 7) is 6.13. The molecule has 0 atom stereocenters. The summed E-state index contributed by atoms with van der Waals surface area (Å²) in [7, 11) is 0. The minimum absolute atomic E-state index is 0.0238. The van der Waals surface area contributed by atoms with Gasteiger partial charge >= 0.3 is 0 Å². The van der Waals surface area contributed by atoms with E-state index in [2.05, 4.69) is 5.32 Å². The zero-order valence-electron chi connectivity index (χ0n) is 16.0. The fourth-order valence-corrected chi connectivity index (χ4v) is 2.78. The molecule has 0 unspecified atom stereocenters. The molecule has 1 aromatic carbocycles. The Morgan fingerprint density at radius 1 is 1.26 bits per heavy atom. The third kappa shape index (κ3) is 5.36. The number of hydrogen-bond donors (Lipinski definition) is 1. The summed E-state index contributed by atoms with van der Waals surface area (Å²) in [5.41, 5.74) is 0.684. The normalized spacial score (nSPS) is 13.5. The number of hydrogen-bond acceptors (Lipinski definition) is 4. The lowest BCUT2D eigenvalue weighted by molar-refractivity contribution is -0.136. The molecule has 1 aliphatic carbocycles. The molecule has 0 radical (unpaired) electrons. The number of carbonyl (C=O) groups excluding carboxylic acids is 2. The molecule has 1 heterocycles. The van der Waals surface area contributed by atoms with Crippen molar-refractivity contribution in [2.45, 2.75) is 46.2 Å². The van der Waals surface area contributed by atoms with Crippen molar-refractivity contribution in [3.63, 3.8) is 0 Å². The average molecular weight is 370 g/mol. The number of benzene rings is 1. The second-order valence-corrected chi connectivity index (χ2v) is 7.21. The van der Waals surface area contributed by atoms with Crippen LogP contribution in [0.4, 0.5) is 5.69 Å². The zero-order valence-corrected chi connectivity index (χ0v) is 16.0. The first-order valence-corrected chi connectivity index (χ1v) is 9.31. The molecule has 1 aromatic heterocycles. The zero-order chi connectivity index (χ0) is 19.4. The number of carbonyl (C=O) groups is 2. The molecule has 2 aromatic rings. The van der Waals surface area contributed by atoms with Crippen molar-refractivity contribution in [3.8, 4) is 5.75 Å². The molecule has 1 fully saturated rings. The average Bonchev–Trinajstić information content (AvgIpc) is 3.40. The minimum Gasteiger partial charge on any atom is -0.484 e. The van der Waals surface area contributed by atoms with Crippen LogP contribution in [0.3, 0.4) is 0 Å². The summed E-state index contributed by atoms with van der Waals surface area (Å²) in [6, 6.07) is 10.9. The first-order valence-electron chi connectivity index (χ1n) is 9.31. The van der Waals surface area contributed by atoms with Crippen LogP contribution in [-0.2, 0) is 16.1 Å². The molecule has 0 bridgehead atoms. The quantitative estimate of drug-likeness (QED) is 0.768. The van der Waals surface area contributed by atoms with Crippen LogP contribution in [0.2, 0.25) is 0 Å². The molecule has 6 heteroatoms. The SMILES string of the molecule is Cc1ccc(CN(C(=O)COc2cccc(NC(=O)C3CC3)c2)C(C)C)o1. The highest BCUT2D eigenvalue weighted by atomic mass is 16.5. The van der Waals surface area contributed by atoms with Crippen LogP contribution in [0.25, 0.3) is 0 Å². The molecule has 3 rings (SSSR count). The summed E-state index contributed by atoms with van der Waals surface area (Å²) in [5, 5.41) is 2.88. The Morgan fingerprint density at radius 3 is 2.67 bits per heavy atom. The Morgan fingerprint density at radius 2 is 2.04 bits per heavy atom. The molecule has 6 nitrogen and oxygen atoms in total. The van der Waals surface area contributed by atoms with E-state index < -0.39 is 0 Å². The lowest BCUT2D eigenvalue weighted by Gasteiger charge is -2.25. The van der Waals surface area contributed by atoms with E-state index in [9.17, 15) is 9.59 Å². The molecule has 144 valence electrons. The molecule has 1 aliphatic rings. The Hall–Kier alpha value is -2.76. The van der Waals surface area contributed by atoms with Crippen LogP contribution >= 0.6 is 0 Å². The largest absolute Gasteiger partial charge is 0.484 e. The van der Waals surface area contributed by atoms with Gasteiger partial charge in [0.25, 0.3) is 5.91 Å². The summed E-state index contributed by atoms with van der Waals surface area (Å²) in [5.74, 6) is 2.19. The van der Waals surface area contributed by atoms with Crippen molar-refractivity contribution in [1.82, 2.24) is 4.90 Å². The van der Waals surface area contributed by atoms with E-state index in [-0.39, 0.29) is 30.4 Å². The second-order valence-electron chi connectivity index (χ2n) is 7.21. The molecular weight excluding hydrogens is 344 g/mol. The molecule has 0 aliphatic heterocycles. The first-order chi connectivity index (χ1) is 12.9. The molecule has 2 amide bonds. The van der Waals surface area contributed by atoms with Crippen LogP contribution in [0.15, 0.2) is 40.8 Å². The van der Waals surface area contributed by atoms with E-state index in [0.29, 0.717) is 18.0 Å². The van der Waals surface area contributed by atoms with Crippen molar-refractivity contribution in [3.05, 3.63) is 47.9 Å². The topological polar surface area (TPSA) is 71.8 Å². The fourth-order valence-electron chi connectivity index (χ4n) is 2.78. The third-order valence-corrected chi connectivity index (χ3v) is 4.48. The maximum atomic E-state index is 12.6. The van der Waals surface area contributed by atoms with Gasteiger partial charge in [-0.1, -0.05) is 6.07 Å². The molecule has 0 spiro atoms. The van der Waals surface area contributed by atoms with E-state index in [1.54, 1.807) is 23.1 Å². The van der Waals surface area contributed by atoms with Crippen molar-refractivity contribution in [2.75, 3.05) is 11.9 Å². The molecule has 1 saturated carbocycles. The lowest BCUT2D eigenvalue weighted by atomic mass is 10.2. The van der Waals surface area contributed by atoms with Gasteiger partial charge in [0, 0.05) is 23.7 Å². The van der Waals surface area contributed by atoms with Crippen LogP contribution in [0, 0.1) is 12.8 Å². The number of aryl methyl sites for hydroxylation is 1.